The topological polar surface area (TPSA) is 91.2 Å². The molecule has 0 aliphatic heterocycles. The Morgan fingerprint density at radius 1 is 1.08 bits per heavy atom. The molecule has 26 heavy (non-hydrogen) atoms. The van der Waals surface area contributed by atoms with E-state index in [0.717, 1.165) is 16.9 Å². The summed E-state index contributed by atoms with van der Waals surface area (Å²) in [5, 5.41) is 14.2. The SMILES string of the molecule is COc1ccc(CNC=C(C#N)C(=O)NC(=O)Cc2ccccc2)cc1. The van der Waals surface area contributed by atoms with Gasteiger partial charge in [0.1, 0.15) is 17.4 Å². The molecule has 2 rings (SSSR count). The van der Waals surface area contributed by atoms with Crippen molar-refractivity contribution in [3.63, 3.8) is 0 Å². The van der Waals surface area contributed by atoms with Gasteiger partial charge in [0, 0.05) is 12.7 Å². The van der Waals surface area contributed by atoms with Gasteiger partial charge in [-0.3, -0.25) is 14.9 Å². The summed E-state index contributed by atoms with van der Waals surface area (Å²) >= 11 is 0. The van der Waals surface area contributed by atoms with Crippen molar-refractivity contribution < 1.29 is 14.3 Å². The molecule has 0 atom stereocenters. The number of amides is 2. The predicted molar refractivity (Wildman–Crippen MR) is 96.8 cm³/mol. The maximum absolute atomic E-state index is 12.0. The third-order valence-electron chi connectivity index (χ3n) is 3.54. The highest BCUT2D eigenvalue weighted by Crippen LogP contribution is 2.11. The first-order valence-electron chi connectivity index (χ1n) is 7.97. The molecule has 2 aromatic rings. The summed E-state index contributed by atoms with van der Waals surface area (Å²) in [5.41, 5.74) is 1.58. The van der Waals surface area contributed by atoms with Gasteiger partial charge >= 0.3 is 0 Å². The molecule has 0 heterocycles. The van der Waals surface area contributed by atoms with E-state index < -0.39 is 11.8 Å². The molecule has 0 bridgehead atoms. The van der Waals surface area contributed by atoms with Crippen molar-refractivity contribution in [1.29, 1.82) is 5.26 Å². The second-order valence-electron chi connectivity index (χ2n) is 5.44. The Bertz CT molecular complexity index is 822. The van der Waals surface area contributed by atoms with Crippen molar-refractivity contribution in [3.8, 4) is 11.8 Å². The third kappa shape index (κ3) is 5.80. The smallest absolute Gasteiger partial charge is 0.269 e. The monoisotopic (exact) mass is 349 g/mol. The van der Waals surface area contributed by atoms with Crippen molar-refractivity contribution in [3.05, 3.63) is 77.5 Å². The van der Waals surface area contributed by atoms with Crippen LogP contribution in [0.5, 0.6) is 5.75 Å². The minimum absolute atomic E-state index is 0.0740. The van der Waals surface area contributed by atoms with Crippen LogP contribution in [0, 0.1) is 11.3 Å². The second-order valence-corrected chi connectivity index (χ2v) is 5.44. The number of carbonyl (C=O) groups excluding carboxylic acids is 2. The van der Waals surface area contributed by atoms with Crippen LogP contribution in [0.2, 0.25) is 0 Å². The molecule has 2 N–H and O–H groups in total. The molecule has 6 nitrogen and oxygen atoms in total. The molecule has 0 saturated carbocycles. The number of ether oxygens (including phenoxy) is 1. The fourth-order valence-corrected chi connectivity index (χ4v) is 2.18. The van der Waals surface area contributed by atoms with Gasteiger partial charge in [-0.1, -0.05) is 42.5 Å². The summed E-state index contributed by atoms with van der Waals surface area (Å²) in [6.45, 7) is 0.431. The Morgan fingerprint density at radius 2 is 1.77 bits per heavy atom. The number of nitriles is 1. The summed E-state index contributed by atoms with van der Waals surface area (Å²) < 4.78 is 5.08. The lowest BCUT2D eigenvalue weighted by Gasteiger charge is -2.05. The molecule has 0 saturated heterocycles. The maximum Gasteiger partial charge on any atom is 0.269 e. The number of hydrogen-bond acceptors (Lipinski definition) is 5. The normalized spacial score (nSPS) is 10.5. The Labute approximate surface area is 152 Å². The zero-order valence-corrected chi connectivity index (χ0v) is 14.4. The van der Waals surface area contributed by atoms with Gasteiger partial charge in [-0.2, -0.15) is 5.26 Å². The number of hydrogen-bond donors (Lipinski definition) is 2. The Morgan fingerprint density at radius 3 is 2.38 bits per heavy atom. The van der Waals surface area contributed by atoms with E-state index in [4.69, 9.17) is 10.00 Å². The van der Waals surface area contributed by atoms with Gasteiger partial charge in [0.2, 0.25) is 5.91 Å². The molecule has 2 aromatic carbocycles. The quantitative estimate of drug-likeness (QED) is 0.590. The van der Waals surface area contributed by atoms with Crippen molar-refractivity contribution in [2.24, 2.45) is 0 Å². The predicted octanol–water partition coefficient (Wildman–Crippen LogP) is 2.08. The fourth-order valence-electron chi connectivity index (χ4n) is 2.18. The van der Waals surface area contributed by atoms with E-state index in [2.05, 4.69) is 10.6 Å². The third-order valence-corrected chi connectivity index (χ3v) is 3.54. The summed E-state index contributed by atoms with van der Waals surface area (Å²) in [6, 6.07) is 18.2. The van der Waals surface area contributed by atoms with Crippen LogP contribution in [-0.4, -0.2) is 18.9 Å². The van der Waals surface area contributed by atoms with Crippen LogP contribution in [0.25, 0.3) is 0 Å². The van der Waals surface area contributed by atoms with Crippen molar-refractivity contribution in [2.75, 3.05) is 7.11 Å². The number of carbonyl (C=O) groups is 2. The Kier molecular flexibility index (Phi) is 6.95. The molecule has 0 radical (unpaired) electrons. The molecular formula is C20H19N3O3. The van der Waals surface area contributed by atoms with Gasteiger partial charge in [0.15, 0.2) is 0 Å². The standard InChI is InChI=1S/C20H19N3O3/c1-26-18-9-7-16(8-10-18)13-22-14-17(12-21)20(25)23-19(24)11-15-5-3-2-4-6-15/h2-10,14,22H,11,13H2,1H3,(H,23,24,25). The van der Waals surface area contributed by atoms with Crippen molar-refractivity contribution >= 4 is 11.8 Å². The summed E-state index contributed by atoms with van der Waals surface area (Å²) in [6.07, 6.45) is 1.37. The molecule has 0 spiro atoms. The first-order valence-corrected chi connectivity index (χ1v) is 7.97. The van der Waals surface area contributed by atoms with Gasteiger partial charge < -0.3 is 10.1 Å². The molecule has 132 valence electrons. The van der Waals surface area contributed by atoms with Crippen LogP contribution in [0.3, 0.4) is 0 Å². The molecule has 0 aliphatic rings. The minimum Gasteiger partial charge on any atom is -0.497 e. The van der Waals surface area contributed by atoms with Crippen LogP contribution in [0.15, 0.2) is 66.4 Å². The number of imide groups is 1. The largest absolute Gasteiger partial charge is 0.497 e. The maximum atomic E-state index is 12.0. The van der Waals surface area contributed by atoms with Crippen LogP contribution in [-0.2, 0) is 22.6 Å². The average Bonchev–Trinajstić information content (AvgIpc) is 2.66. The van der Waals surface area contributed by atoms with Crippen LogP contribution in [0.4, 0.5) is 0 Å². The van der Waals surface area contributed by atoms with Crippen molar-refractivity contribution in [1.82, 2.24) is 10.6 Å². The summed E-state index contributed by atoms with van der Waals surface area (Å²) in [7, 11) is 1.59. The Hall–Kier alpha value is -3.59. The molecule has 0 unspecified atom stereocenters. The molecule has 2 amide bonds. The van der Waals surface area contributed by atoms with E-state index in [1.807, 2.05) is 42.5 Å². The van der Waals surface area contributed by atoms with E-state index in [0.29, 0.717) is 6.54 Å². The lowest BCUT2D eigenvalue weighted by atomic mass is 10.1. The van der Waals surface area contributed by atoms with Crippen LogP contribution >= 0.6 is 0 Å². The average molecular weight is 349 g/mol. The number of nitrogens with zero attached hydrogens (tertiary/aromatic N) is 1. The van der Waals surface area contributed by atoms with Gasteiger partial charge in [-0.15, -0.1) is 0 Å². The lowest BCUT2D eigenvalue weighted by Crippen LogP contribution is -2.33. The van der Waals surface area contributed by atoms with E-state index in [1.54, 1.807) is 25.3 Å². The highest BCUT2D eigenvalue weighted by molar-refractivity contribution is 6.06. The highest BCUT2D eigenvalue weighted by atomic mass is 16.5. The van der Waals surface area contributed by atoms with E-state index >= 15 is 0 Å². The van der Waals surface area contributed by atoms with Gasteiger partial charge in [0.05, 0.1) is 13.5 Å². The van der Waals surface area contributed by atoms with Gasteiger partial charge in [-0.25, -0.2) is 0 Å². The number of rotatable bonds is 7. The second kappa shape index (κ2) is 9.64. The van der Waals surface area contributed by atoms with Gasteiger partial charge in [0.25, 0.3) is 5.91 Å². The molecular weight excluding hydrogens is 330 g/mol. The van der Waals surface area contributed by atoms with Gasteiger partial charge in [-0.05, 0) is 23.3 Å². The first kappa shape index (κ1) is 18.7. The fraction of sp³-hybridized carbons (Fsp3) is 0.150. The van der Waals surface area contributed by atoms with Crippen LogP contribution in [0.1, 0.15) is 11.1 Å². The lowest BCUT2D eigenvalue weighted by molar-refractivity contribution is -0.127. The molecule has 0 fully saturated rings. The number of benzene rings is 2. The Balaban J connectivity index is 1.87. The van der Waals surface area contributed by atoms with Crippen molar-refractivity contribution in [2.45, 2.75) is 13.0 Å². The number of methoxy groups -OCH3 is 1. The minimum atomic E-state index is -0.726. The van der Waals surface area contributed by atoms with Crippen LogP contribution < -0.4 is 15.4 Å². The van der Waals surface area contributed by atoms with E-state index in [9.17, 15) is 9.59 Å². The molecule has 6 heteroatoms. The number of nitrogens with one attached hydrogen (secondary N) is 2. The molecule has 0 aromatic heterocycles. The summed E-state index contributed by atoms with van der Waals surface area (Å²) in [4.78, 5) is 23.9. The van der Waals surface area contributed by atoms with E-state index in [1.165, 1.54) is 6.20 Å². The zero-order valence-electron chi connectivity index (χ0n) is 14.4. The first-order chi connectivity index (χ1) is 12.6. The summed E-state index contributed by atoms with van der Waals surface area (Å²) in [5.74, 6) is -0.438. The highest BCUT2D eigenvalue weighted by Gasteiger charge is 2.13. The zero-order chi connectivity index (χ0) is 18.8. The van der Waals surface area contributed by atoms with E-state index in [-0.39, 0.29) is 12.0 Å². The molecule has 0 aliphatic carbocycles.